The van der Waals surface area contributed by atoms with Crippen molar-refractivity contribution in [3.63, 3.8) is 0 Å². The number of esters is 1. The fourth-order valence-electron chi connectivity index (χ4n) is 2.15. The van der Waals surface area contributed by atoms with Gasteiger partial charge in [-0.15, -0.1) is 0 Å². The van der Waals surface area contributed by atoms with Crippen LogP contribution in [0, 0.1) is 35.5 Å². The molecule has 0 saturated carbocycles. The minimum atomic E-state index is -1.57. The molecule has 1 saturated heterocycles. The Bertz CT molecular complexity index is 783. The molecular formula is C21H24O9. The van der Waals surface area contributed by atoms with Gasteiger partial charge in [-0.1, -0.05) is 11.8 Å². The summed E-state index contributed by atoms with van der Waals surface area (Å²) in [6, 6.07) is 0. The molecule has 0 aliphatic carbocycles. The molecule has 1 heterocycles. The van der Waals surface area contributed by atoms with Crippen LogP contribution in [0.3, 0.4) is 0 Å². The van der Waals surface area contributed by atoms with Gasteiger partial charge in [0.05, 0.1) is 13.2 Å². The Morgan fingerprint density at radius 1 is 1.03 bits per heavy atom. The SMILES string of the molecule is CC(=O)OC/C=C/C#CC#CC#C/C=C/C(CO)O[C@@H]1O[C@H](CO)[C@@H](O)[C@H](O)[C@H]1O. The average Bonchev–Trinajstić information content (AvgIpc) is 2.73. The molecule has 6 atom stereocenters. The molecule has 0 aromatic heterocycles. The zero-order valence-corrected chi connectivity index (χ0v) is 16.3. The smallest absolute Gasteiger partial charge is 0.302 e. The van der Waals surface area contributed by atoms with Crippen LogP contribution in [0.1, 0.15) is 6.92 Å². The fraction of sp³-hybridized carbons (Fsp3) is 0.476. The van der Waals surface area contributed by atoms with Gasteiger partial charge in [-0.25, -0.2) is 0 Å². The minimum Gasteiger partial charge on any atom is -0.462 e. The number of carbonyl (C=O) groups is 1. The lowest BCUT2D eigenvalue weighted by molar-refractivity contribution is -0.309. The molecular weight excluding hydrogens is 396 g/mol. The Labute approximate surface area is 174 Å². The number of ether oxygens (including phenoxy) is 3. The van der Waals surface area contributed by atoms with E-state index in [4.69, 9.17) is 14.6 Å². The number of rotatable bonds is 7. The van der Waals surface area contributed by atoms with Crippen LogP contribution in [0.25, 0.3) is 0 Å². The van der Waals surface area contributed by atoms with E-state index >= 15 is 0 Å². The second-order valence-corrected chi connectivity index (χ2v) is 5.91. The van der Waals surface area contributed by atoms with Gasteiger partial charge in [-0.2, -0.15) is 0 Å². The number of hydrogen-bond donors (Lipinski definition) is 5. The fourth-order valence-corrected chi connectivity index (χ4v) is 2.15. The Kier molecular flexibility index (Phi) is 12.1. The second-order valence-electron chi connectivity index (χ2n) is 5.91. The molecule has 0 bridgehead atoms. The van der Waals surface area contributed by atoms with Gasteiger partial charge in [-0.3, -0.25) is 4.79 Å². The lowest BCUT2D eigenvalue weighted by Gasteiger charge is -2.40. The van der Waals surface area contributed by atoms with Gasteiger partial charge in [0.25, 0.3) is 0 Å². The molecule has 0 aromatic rings. The zero-order chi connectivity index (χ0) is 22.4. The Hall–Kier alpha value is -2.65. The van der Waals surface area contributed by atoms with Crippen molar-refractivity contribution < 1.29 is 44.5 Å². The molecule has 0 spiro atoms. The third-order valence-corrected chi connectivity index (χ3v) is 3.65. The molecule has 162 valence electrons. The van der Waals surface area contributed by atoms with Crippen LogP contribution < -0.4 is 0 Å². The van der Waals surface area contributed by atoms with Crippen LogP contribution in [-0.4, -0.2) is 88.1 Å². The first-order valence-electron chi connectivity index (χ1n) is 8.93. The van der Waals surface area contributed by atoms with Gasteiger partial charge in [0.2, 0.25) is 0 Å². The monoisotopic (exact) mass is 420 g/mol. The number of aliphatic hydroxyl groups excluding tert-OH is 5. The van der Waals surface area contributed by atoms with Crippen molar-refractivity contribution in [1.29, 1.82) is 0 Å². The first kappa shape index (κ1) is 25.4. The van der Waals surface area contributed by atoms with Crippen LogP contribution in [0.2, 0.25) is 0 Å². The maximum absolute atomic E-state index is 10.5. The molecule has 1 aliphatic rings. The largest absolute Gasteiger partial charge is 0.462 e. The highest BCUT2D eigenvalue weighted by Gasteiger charge is 2.44. The molecule has 30 heavy (non-hydrogen) atoms. The average molecular weight is 420 g/mol. The Morgan fingerprint density at radius 2 is 1.70 bits per heavy atom. The van der Waals surface area contributed by atoms with E-state index in [2.05, 4.69) is 40.3 Å². The van der Waals surface area contributed by atoms with E-state index in [1.165, 1.54) is 25.2 Å². The van der Waals surface area contributed by atoms with Crippen LogP contribution in [0.4, 0.5) is 0 Å². The molecule has 5 N–H and O–H groups in total. The first-order chi connectivity index (χ1) is 14.4. The highest BCUT2D eigenvalue weighted by molar-refractivity contribution is 5.66. The predicted molar refractivity (Wildman–Crippen MR) is 104 cm³/mol. The van der Waals surface area contributed by atoms with Gasteiger partial charge in [0.1, 0.15) is 37.1 Å². The first-order valence-corrected chi connectivity index (χ1v) is 8.93. The van der Waals surface area contributed by atoms with Crippen molar-refractivity contribution >= 4 is 5.97 Å². The summed E-state index contributed by atoms with van der Waals surface area (Å²) < 4.78 is 15.2. The summed E-state index contributed by atoms with van der Waals surface area (Å²) in [5.41, 5.74) is 0. The van der Waals surface area contributed by atoms with E-state index in [9.17, 15) is 25.2 Å². The van der Waals surface area contributed by atoms with Crippen molar-refractivity contribution in [3.8, 4) is 35.5 Å². The standard InChI is InChI=1S/C21H24O9/c1-15(24)28-12-10-8-6-4-2-3-5-7-9-11-16(13-22)29-21-20(27)19(26)18(25)17(14-23)30-21/h8-11,16-23,25-27H,12-14H2,1H3/b10-8+,11-9+/t16?,17-,18-,19+,20-,21-/m1/s1. The Balaban J connectivity index is 2.52. The minimum absolute atomic E-state index is 0.138. The van der Waals surface area contributed by atoms with Crippen LogP contribution >= 0.6 is 0 Å². The highest BCUT2D eigenvalue weighted by Crippen LogP contribution is 2.23. The summed E-state index contributed by atoms with van der Waals surface area (Å²) in [5, 5.41) is 47.9. The quantitative estimate of drug-likeness (QED) is 0.230. The van der Waals surface area contributed by atoms with Crippen LogP contribution in [0.15, 0.2) is 24.3 Å². The van der Waals surface area contributed by atoms with Crippen molar-refractivity contribution in [2.24, 2.45) is 0 Å². The summed E-state index contributed by atoms with van der Waals surface area (Å²) in [5.74, 6) is 14.8. The molecule has 1 fully saturated rings. The Morgan fingerprint density at radius 3 is 2.30 bits per heavy atom. The summed E-state index contributed by atoms with van der Waals surface area (Å²) in [7, 11) is 0. The van der Waals surface area contributed by atoms with Gasteiger partial charge in [0, 0.05) is 6.92 Å². The molecule has 1 rings (SSSR count). The summed E-state index contributed by atoms with van der Waals surface area (Å²) in [4.78, 5) is 10.5. The molecule has 9 heteroatoms. The van der Waals surface area contributed by atoms with Gasteiger partial charge >= 0.3 is 5.97 Å². The van der Waals surface area contributed by atoms with Crippen LogP contribution in [-0.2, 0) is 19.0 Å². The molecule has 1 aliphatic heterocycles. The topological polar surface area (TPSA) is 146 Å². The van der Waals surface area contributed by atoms with E-state index in [0.717, 1.165) is 0 Å². The van der Waals surface area contributed by atoms with E-state index < -0.39 is 50.0 Å². The van der Waals surface area contributed by atoms with Crippen molar-refractivity contribution in [2.45, 2.75) is 43.7 Å². The molecule has 0 amide bonds. The van der Waals surface area contributed by atoms with Crippen LogP contribution in [0.5, 0.6) is 0 Å². The van der Waals surface area contributed by atoms with E-state index in [1.807, 2.05) is 0 Å². The normalized spacial score (nSPS) is 26.7. The van der Waals surface area contributed by atoms with Gasteiger partial charge in [-0.05, 0) is 48.0 Å². The molecule has 0 radical (unpaired) electrons. The van der Waals surface area contributed by atoms with E-state index in [-0.39, 0.29) is 12.6 Å². The lowest BCUT2D eigenvalue weighted by Crippen LogP contribution is -2.59. The number of allylic oxidation sites excluding steroid dienone is 2. The number of aliphatic hydroxyl groups is 5. The van der Waals surface area contributed by atoms with Crippen molar-refractivity contribution in [1.82, 2.24) is 0 Å². The lowest BCUT2D eigenvalue weighted by atomic mass is 9.99. The third-order valence-electron chi connectivity index (χ3n) is 3.65. The van der Waals surface area contributed by atoms with Crippen molar-refractivity contribution in [2.75, 3.05) is 19.8 Å². The molecule has 0 aromatic carbocycles. The van der Waals surface area contributed by atoms with E-state index in [1.54, 1.807) is 6.08 Å². The number of hydrogen-bond acceptors (Lipinski definition) is 9. The maximum Gasteiger partial charge on any atom is 0.302 e. The summed E-state index contributed by atoms with van der Waals surface area (Å²) >= 11 is 0. The number of carbonyl (C=O) groups excluding carboxylic acids is 1. The maximum atomic E-state index is 10.5. The molecule has 1 unspecified atom stereocenters. The van der Waals surface area contributed by atoms with Gasteiger partial charge in [0.15, 0.2) is 6.29 Å². The third kappa shape index (κ3) is 9.23. The summed E-state index contributed by atoms with van der Waals surface area (Å²) in [6.45, 7) is 0.394. The van der Waals surface area contributed by atoms with Crippen molar-refractivity contribution in [3.05, 3.63) is 24.3 Å². The van der Waals surface area contributed by atoms with E-state index in [0.29, 0.717) is 0 Å². The zero-order valence-electron chi connectivity index (χ0n) is 16.3. The predicted octanol–water partition coefficient (Wildman–Crippen LogP) is -2.15. The van der Waals surface area contributed by atoms with Gasteiger partial charge < -0.3 is 39.7 Å². The summed E-state index contributed by atoms with van der Waals surface area (Å²) in [6.07, 6.45) is -2.21. The highest BCUT2D eigenvalue weighted by atomic mass is 16.7. The molecule has 9 nitrogen and oxygen atoms in total. The second kappa shape index (κ2) is 14.4.